The lowest BCUT2D eigenvalue weighted by atomic mass is 9.58. The number of ether oxygens (including phenoxy) is 1. The van der Waals surface area contributed by atoms with Crippen molar-refractivity contribution in [2.24, 2.45) is 11.3 Å². The van der Waals surface area contributed by atoms with Crippen molar-refractivity contribution in [1.82, 2.24) is 0 Å². The smallest absolute Gasteiger partial charge is 0.303 e. The lowest BCUT2D eigenvalue weighted by Gasteiger charge is -2.47. The van der Waals surface area contributed by atoms with Crippen LogP contribution in [0.3, 0.4) is 0 Å². The molecule has 3 atom stereocenters. The van der Waals surface area contributed by atoms with E-state index < -0.39 is 6.10 Å². The van der Waals surface area contributed by atoms with Crippen LogP contribution >= 0.6 is 0 Å². The maximum Gasteiger partial charge on any atom is 0.303 e. The molecule has 0 aromatic rings. The number of fused-ring (bicyclic) bond motifs is 1. The van der Waals surface area contributed by atoms with Crippen molar-refractivity contribution < 1.29 is 14.3 Å². The number of esters is 1. The Morgan fingerprint density at radius 1 is 1.35 bits per heavy atom. The summed E-state index contributed by atoms with van der Waals surface area (Å²) in [7, 11) is 0. The van der Waals surface area contributed by atoms with E-state index in [1.807, 2.05) is 13.8 Å². The first kappa shape index (κ1) is 15.0. The molecule has 20 heavy (non-hydrogen) atoms. The summed E-state index contributed by atoms with van der Waals surface area (Å²) in [4.78, 5) is 24.0. The molecule has 0 aliphatic heterocycles. The molecule has 3 heteroatoms. The van der Waals surface area contributed by atoms with Gasteiger partial charge in [0.1, 0.15) is 0 Å². The molecule has 0 spiro atoms. The van der Waals surface area contributed by atoms with E-state index in [0.29, 0.717) is 5.92 Å². The highest BCUT2D eigenvalue weighted by atomic mass is 16.5. The minimum atomic E-state index is -0.709. The van der Waals surface area contributed by atoms with Crippen molar-refractivity contribution in [2.75, 3.05) is 0 Å². The SMILES string of the molecule is CC(=O)OC1C(=O)C(=C(C)C)CC2(C)C1=CCCC2C. The number of ketones is 1. The lowest BCUT2D eigenvalue weighted by Crippen LogP contribution is -2.47. The van der Waals surface area contributed by atoms with Crippen LogP contribution in [0.2, 0.25) is 0 Å². The Bertz CT molecular complexity index is 508. The molecule has 0 radical (unpaired) electrons. The van der Waals surface area contributed by atoms with Gasteiger partial charge in [-0.1, -0.05) is 25.5 Å². The maximum atomic E-state index is 12.6. The second-order valence-electron chi connectivity index (χ2n) is 6.56. The number of Topliss-reactive ketones (excluding diaryl/α,β-unsaturated/α-hetero) is 1. The topological polar surface area (TPSA) is 43.4 Å². The van der Waals surface area contributed by atoms with Gasteiger partial charge in [-0.2, -0.15) is 0 Å². The highest BCUT2D eigenvalue weighted by Gasteiger charge is 2.49. The number of allylic oxidation sites excluding steroid dienone is 2. The first-order valence-corrected chi connectivity index (χ1v) is 7.35. The summed E-state index contributed by atoms with van der Waals surface area (Å²) in [5.41, 5.74) is 2.81. The van der Waals surface area contributed by atoms with E-state index >= 15 is 0 Å². The largest absolute Gasteiger partial charge is 0.450 e. The van der Waals surface area contributed by atoms with Crippen LogP contribution in [0, 0.1) is 11.3 Å². The molecule has 0 bridgehead atoms. The van der Waals surface area contributed by atoms with E-state index in [9.17, 15) is 9.59 Å². The standard InChI is InChI=1S/C17H24O3/c1-10(2)13-9-17(5)11(3)7-6-8-14(17)16(15(13)19)20-12(4)18/h8,11,16H,6-7,9H2,1-5H3. The molecule has 3 nitrogen and oxygen atoms in total. The molecule has 2 aliphatic carbocycles. The number of carbonyl (C=O) groups excluding carboxylic acids is 2. The Labute approximate surface area is 121 Å². The molecule has 1 saturated carbocycles. The van der Waals surface area contributed by atoms with Crippen LogP contribution in [0.15, 0.2) is 22.8 Å². The zero-order chi connectivity index (χ0) is 15.1. The van der Waals surface area contributed by atoms with Crippen LogP contribution in [0.4, 0.5) is 0 Å². The average molecular weight is 276 g/mol. The van der Waals surface area contributed by atoms with Gasteiger partial charge < -0.3 is 4.74 Å². The van der Waals surface area contributed by atoms with Gasteiger partial charge in [0.05, 0.1) is 0 Å². The third-order valence-electron chi connectivity index (χ3n) is 4.96. The molecule has 1 fully saturated rings. The van der Waals surface area contributed by atoms with E-state index in [2.05, 4.69) is 19.9 Å². The fourth-order valence-electron chi connectivity index (χ4n) is 3.47. The van der Waals surface area contributed by atoms with Gasteiger partial charge in [0.2, 0.25) is 5.78 Å². The third kappa shape index (κ3) is 2.34. The first-order valence-electron chi connectivity index (χ1n) is 7.35. The third-order valence-corrected chi connectivity index (χ3v) is 4.96. The molecule has 0 saturated heterocycles. The van der Waals surface area contributed by atoms with Gasteiger partial charge in [0.15, 0.2) is 6.10 Å². The quantitative estimate of drug-likeness (QED) is 0.417. The molecule has 0 aromatic carbocycles. The first-order chi connectivity index (χ1) is 9.27. The van der Waals surface area contributed by atoms with E-state index in [4.69, 9.17) is 4.74 Å². The fourth-order valence-corrected chi connectivity index (χ4v) is 3.47. The predicted molar refractivity (Wildman–Crippen MR) is 78.1 cm³/mol. The second kappa shape index (κ2) is 5.19. The number of hydrogen-bond donors (Lipinski definition) is 0. The van der Waals surface area contributed by atoms with Gasteiger partial charge in [-0.15, -0.1) is 0 Å². The second-order valence-corrected chi connectivity index (χ2v) is 6.56. The lowest BCUT2D eigenvalue weighted by molar-refractivity contribution is -0.151. The average Bonchev–Trinajstić information content (AvgIpc) is 2.34. The van der Waals surface area contributed by atoms with Gasteiger partial charge in [-0.3, -0.25) is 9.59 Å². The van der Waals surface area contributed by atoms with Gasteiger partial charge >= 0.3 is 5.97 Å². The Morgan fingerprint density at radius 3 is 2.55 bits per heavy atom. The van der Waals surface area contributed by atoms with Crippen molar-refractivity contribution in [1.29, 1.82) is 0 Å². The van der Waals surface area contributed by atoms with Crippen molar-refractivity contribution >= 4 is 11.8 Å². The summed E-state index contributed by atoms with van der Waals surface area (Å²) in [6.45, 7) is 9.73. The monoisotopic (exact) mass is 276 g/mol. The summed E-state index contributed by atoms with van der Waals surface area (Å²) < 4.78 is 5.38. The molecule has 3 unspecified atom stereocenters. The van der Waals surface area contributed by atoms with Crippen LogP contribution < -0.4 is 0 Å². The van der Waals surface area contributed by atoms with Gasteiger partial charge in [0.25, 0.3) is 0 Å². The van der Waals surface area contributed by atoms with Crippen LogP contribution in [0.5, 0.6) is 0 Å². The minimum Gasteiger partial charge on any atom is -0.450 e. The summed E-state index contributed by atoms with van der Waals surface area (Å²) in [5.74, 6) is 0.0702. The summed E-state index contributed by atoms with van der Waals surface area (Å²) >= 11 is 0. The number of carbonyl (C=O) groups is 2. The molecular weight excluding hydrogens is 252 g/mol. The van der Waals surface area contributed by atoms with Crippen LogP contribution in [-0.4, -0.2) is 17.9 Å². The Hall–Kier alpha value is -1.38. The Kier molecular flexibility index (Phi) is 3.90. The molecule has 0 N–H and O–H groups in total. The number of rotatable bonds is 1. The fraction of sp³-hybridized carbons (Fsp3) is 0.647. The van der Waals surface area contributed by atoms with Crippen molar-refractivity contribution in [2.45, 2.75) is 60.0 Å². The summed E-state index contributed by atoms with van der Waals surface area (Å²) in [6.07, 6.45) is 4.25. The van der Waals surface area contributed by atoms with Crippen LogP contribution in [0.25, 0.3) is 0 Å². The minimum absolute atomic E-state index is 0.0296. The van der Waals surface area contributed by atoms with Gasteiger partial charge in [-0.25, -0.2) is 0 Å². The molecule has 2 rings (SSSR count). The molecule has 110 valence electrons. The van der Waals surface area contributed by atoms with Crippen molar-refractivity contribution in [3.63, 3.8) is 0 Å². The normalized spacial score (nSPS) is 33.4. The van der Waals surface area contributed by atoms with E-state index in [0.717, 1.165) is 36.0 Å². The zero-order valence-electron chi connectivity index (χ0n) is 13.1. The summed E-state index contributed by atoms with van der Waals surface area (Å²) in [6, 6.07) is 0. The van der Waals surface area contributed by atoms with E-state index in [-0.39, 0.29) is 17.2 Å². The molecular formula is C17H24O3. The summed E-state index contributed by atoms with van der Waals surface area (Å²) in [5, 5.41) is 0. The van der Waals surface area contributed by atoms with Crippen LogP contribution in [-0.2, 0) is 14.3 Å². The Balaban J connectivity index is 2.53. The molecule has 2 aliphatic rings. The Morgan fingerprint density at radius 2 is 2.00 bits per heavy atom. The van der Waals surface area contributed by atoms with Crippen molar-refractivity contribution in [3.8, 4) is 0 Å². The van der Waals surface area contributed by atoms with Crippen molar-refractivity contribution in [3.05, 3.63) is 22.8 Å². The number of hydrogen-bond acceptors (Lipinski definition) is 3. The maximum absolute atomic E-state index is 12.6. The highest BCUT2D eigenvalue weighted by molar-refractivity contribution is 6.04. The molecule has 0 amide bonds. The highest BCUT2D eigenvalue weighted by Crippen LogP contribution is 2.52. The van der Waals surface area contributed by atoms with E-state index in [1.165, 1.54) is 6.92 Å². The predicted octanol–water partition coefficient (Wildman–Crippen LogP) is 3.59. The van der Waals surface area contributed by atoms with Gasteiger partial charge in [0, 0.05) is 6.92 Å². The van der Waals surface area contributed by atoms with E-state index in [1.54, 1.807) is 0 Å². The van der Waals surface area contributed by atoms with Gasteiger partial charge in [-0.05, 0) is 55.6 Å². The molecule has 0 aromatic heterocycles. The zero-order valence-corrected chi connectivity index (χ0v) is 13.1. The molecule has 0 heterocycles. The van der Waals surface area contributed by atoms with Crippen LogP contribution in [0.1, 0.15) is 53.9 Å².